The first-order valence-electron chi connectivity index (χ1n) is 5.32. The minimum Gasteiger partial charge on any atom is -0.462 e. The molecule has 3 heteroatoms. The largest absolute Gasteiger partial charge is 0.462 e. The van der Waals surface area contributed by atoms with Crippen molar-refractivity contribution in [3.05, 3.63) is 48.0 Å². The van der Waals surface area contributed by atoms with E-state index in [2.05, 4.69) is 17.4 Å². The second-order valence-corrected chi connectivity index (χ2v) is 3.39. The summed E-state index contributed by atoms with van der Waals surface area (Å²) in [5, 5.41) is 3.26. The Balaban J connectivity index is 2.06. The molecule has 1 aromatic rings. The first-order chi connectivity index (χ1) is 7.79. The lowest BCUT2D eigenvalue weighted by atomic mass is 10.2. The van der Waals surface area contributed by atoms with Crippen LogP contribution in [-0.2, 0) is 16.1 Å². The third kappa shape index (κ3) is 5.98. The third-order valence-electron chi connectivity index (χ3n) is 1.98. The highest BCUT2D eigenvalue weighted by molar-refractivity contribution is 5.65. The molecule has 1 rings (SSSR count). The zero-order valence-electron chi connectivity index (χ0n) is 9.48. The molecule has 0 unspecified atom stereocenters. The highest BCUT2D eigenvalue weighted by Gasteiger charge is 1.89. The maximum Gasteiger partial charge on any atom is 0.302 e. The van der Waals surface area contributed by atoms with Crippen LogP contribution in [0.2, 0.25) is 0 Å². The second kappa shape index (κ2) is 7.65. The Bertz CT molecular complexity index is 333. The van der Waals surface area contributed by atoms with E-state index in [0.29, 0.717) is 6.61 Å². The summed E-state index contributed by atoms with van der Waals surface area (Å²) in [6.07, 6.45) is 3.78. The molecule has 0 bridgehead atoms. The van der Waals surface area contributed by atoms with E-state index in [0.717, 1.165) is 13.1 Å². The lowest BCUT2D eigenvalue weighted by Crippen LogP contribution is -2.12. The number of hydrogen-bond acceptors (Lipinski definition) is 3. The summed E-state index contributed by atoms with van der Waals surface area (Å²) in [6.45, 7) is 3.37. The van der Waals surface area contributed by atoms with Gasteiger partial charge >= 0.3 is 5.97 Å². The van der Waals surface area contributed by atoms with Crippen molar-refractivity contribution in [3.8, 4) is 0 Å². The first kappa shape index (κ1) is 12.5. The Morgan fingerprint density at radius 1 is 1.31 bits per heavy atom. The van der Waals surface area contributed by atoms with Crippen LogP contribution >= 0.6 is 0 Å². The molecule has 16 heavy (non-hydrogen) atoms. The summed E-state index contributed by atoms with van der Waals surface area (Å²) in [5.74, 6) is -0.248. The SMILES string of the molecule is CC(=O)OC/C=C\CNCc1ccccc1. The Labute approximate surface area is 96.1 Å². The van der Waals surface area contributed by atoms with Crippen molar-refractivity contribution >= 4 is 5.97 Å². The summed E-state index contributed by atoms with van der Waals surface area (Å²) in [6, 6.07) is 10.2. The van der Waals surface area contributed by atoms with Gasteiger partial charge in [0.15, 0.2) is 0 Å². The monoisotopic (exact) mass is 219 g/mol. The maximum atomic E-state index is 10.4. The normalized spacial score (nSPS) is 10.6. The van der Waals surface area contributed by atoms with E-state index in [4.69, 9.17) is 4.74 Å². The van der Waals surface area contributed by atoms with Crippen LogP contribution in [0.3, 0.4) is 0 Å². The van der Waals surface area contributed by atoms with Gasteiger partial charge in [0.2, 0.25) is 0 Å². The van der Waals surface area contributed by atoms with Crippen molar-refractivity contribution in [2.75, 3.05) is 13.2 Å². The molecular formula is C13H17NO2. The fourth-order valence-electron chi connectivity index (χ4n) is 1.21. The van der Waals surface area contributed by atoms with Gasteiger partial charge in [-0.05, 0) is 11.6 Å². The van der Waals surface area contributed by atoms with Gasteiger partial charge in [-0.1, -0.05) is 36.4 Å². The van der Waals surface area contributed by atoms with Crippen molar-refractivity contribution in [1.82, 2.24) is 5.32 Å². The number of carbonyl (C=O) groups is 1. The minimum absolute atomic E-state index is 0.248. The molecule has 86 valence electrons. The summed E-state index contributed by atoms with van der Waals surface area (Å²) in [4.78, 5) is 10.4. The Morgan fingerprint density at radius 3 is 2.75 bits per heavy atom. The summed E-state index contributed by atoms with van der Waals surface area (Å²) >= 11 is 0. The molecule has 0 heterocycles. The van der Waals surface area contributed by atoms with Crippen molar-refractivity contribution in [2.24, 2.45) is 0 Å². The van der Waals surface area contributed by atoms with E-state index >= 15 is 0 Å². The molecular weight excluding hydrogens is 202 g/mol. The van der Waals surface area contributed by atoms with Gasteiger partial charge in [0, 0.05) is 20.0 Å². The Morgan fingerprint density at radius 2 is 2.06 bits per heavy atom. The van der Waals surface area contributed by atoms with Crippen LogP contribution in [0.5, 0.6) is 0 Å². The van der Waals surface area contributed by atoms with E-state index < -0.39 is 0 Å². The molecule has 0 aliphatic rings. The zero-order chi connectivity index (χ0) is 11.6. The molecule has 0 atom stereocenters. The van der Waals surface area contributed by atoms with Crippen molar-refractivity contribution < 1.29 is 9.53 Å². The molecule has 0 amide bonds. The molecule has 0 aliphatic heterocycles. The minimum atomic E-state index is -0.248. The molecule has 0 aromatic heterocycles. The number of nitrogens with one attached hydrogen (secondary N) is 1. The second-order valence-electron chi connectivity index (χ2n) is 3.39. The standard InChI is InChI=1S/C13H17NO2/c1-12(15)16-10-6-5-9-14-11-13-7-3-2-4-8-13/h2-8,14H,9-11H2,1H3/b6-5-. The third-order valence-corrected chi connectivity index (χ3v) is 1.98. The number of carbonyl (C=O) groups excluding carboxylic acids is 1. The average molecular weight is 219 g/mol. The first-order valence-corrected chi connectivity index (χ1v) is 5.32. The highest BCUT2D eigenvalue weighted by atomic mass is 16.5. The summed E-state index contributed by atoms with van der Waals surface area (Å²) in [7, 11) is 0. The molecule has 0 fully saturated rings. The molecule has 0 spiro atoms. The van der Waals surface area contributed by atoms with Gasteiger partial charge in [-0.3, -0.25) is 4.79 Å². The van der Waals surface area contributed by atoms with E-state index in [-0.39, 0.29) is 5.97 Å². The van der Waals surface area contributed by atoms with Crippen LogP contribution in [-0.4, -0.2) is 19.1 Å². The van der Waals surface area contributed by atoms with Crippen LogP contribution in [0, 0.1) is 0 Å². The van der Waals surface area contributed by atoms with Crippen LogP contribution in [0.1, 0.15) is 12.5 Å². The topological polar surface area (TPSA) is 38.3 Å². The quantitative estimate of drug-likeness (QED) is 0.451. The maximum absolute atomic E-state index is 10.4. The molecule has 1 N–H and O–H groups in total. The molecule has 0 saturated carbocycles. The molecule has 1 aromatic carbocycles. The molecule has 0 aliphatic carbocycles. The van der Waals surface area contributed by atoms with Gasteiger partial charge in [0.1, 0.15) is 6.61 Å². The van der Waals surface area contributed by atoms with Gasteiger partial charge < -0.3 is 10.1 Å². The van der Waals surface area contributed by atoms with E-state index in [1.165, 1.54) is 12.5 Å². The number of rotatable bonds is 6. The van der Waals surface area contributed by atoms with Crippen molar-refractivity contribution in [3.63, 3.8) is 0 Å². The number of esters is 1. The molecule has 3 nitrogen and oxygen atoms in total. The summed E-state index contributed by atoms with van der Waals surface area (Å²) in [5.41, 5.74) is 1.26. The molecule has 0 saturated heterocycles. The zero-order valence-corrected chi connectivity index (χ0v) is 9.48. The van der Waals surface area contributed by atoms with Crippen LogP contribution < -0.4 is 5.32 Å². The average Bonchev–Trinajstić information content (AvgIpc) is 2.29. The Kier molecular flexibility index (Phi) is 5.96. The van der Waals surface area contributed by atoms with Crippen molar-refractivity contribution in [1.29, 1.82) is 0 Å². The Hall–Kier alpha value is -1.61. The fourth-order valence-corrected chi connectivity index (χ4v) is 1.21. The van der Waals surface area contributed by atoms with E-state index in [1.807, 2.05) is 30.4 Å². The van der Waals surface area contributed by atoms with Crippen LogP contribution in [0.4, 0.5) is 0 Å². The van der Waals surface area contributed by atoms with Crippen LogP contribution in [0.25, 0.3) is 0 Å². The number of ether oxygens (including phenoxy) is 1. The van der Waals surface area contributed by atoms with E-state index in [9.17, 15) is 4.79 Å². The lowest BCUT2D eigenvalue weighted by molar-refractivity contribution is -0.139. The highest BCUT2D eigenvalue weighted by Crippen LogP contribution is 1.96. The number of benzene rings is 1. The smallest absolute Gasteiger partial charge is 0.302 e. The fraction of sp³-hybridized carbons (Fsp3) is 0.308. The van der Waals surface area contributed by atoms with Gasteiger partial charge in [0.05, 0.1) is 0 Å². The van der Waals surface area contributed by atoms with E-state index in [1.54, 1.807) is 0 Å². The van der Waals surface area contributed by atoms with Gasteiger partial charge in [0.25, 0.3) is 0 Å². The number of hydrogen-bond donors (Lipinski definition) is 1. The molecule has 0 radical (unpaired) electrons. The van der Waals surface area contributed by atoms with Gasteiger partial charge in [-0.15, -0.1) is 0 Å². The predicted molar refractivity (Wildman–Crippen MR) is 63.9 cm³/mol. The van der Waals surface area contributed by atoms with Gasteiger partial charge in [-0.25, -0.2) is 0 Å². The predicted octanol–water partition coefficient (Wildman–Crippen LogP) is 1.90. The van der Waals surface area contributed by atoms with Crippen LogP contribution in [0.15, 0.2) is 42.5 Å². The van der Waals surface area contributed by atoms with Crippen molar-refractivity contribution in [2.45, 2.75) is 13.5 Å². The summed E-state index contributed by atoms with van der Waals surface area (Å²) < 4.78 is 4.75. The lowest BCUT2D eigenvalue weighted by Gasteiger charge is -2.01. The van der Waals surface area contributed by atoms with Gasteiger partial charge in [-0.2, -0.15) is 0 Å².